The molecular formula is C33H64O. The lowest BCUT2D eigenvalue weighted by atomic mass is 9.43. The lowest BCUT2D eigenvalue weighted by Gasteiger charge is -2.62. The second kappa shape index (κ2) is 10.8. The summed E-state index contributed by atoms with van der Waals surface area (Å²) in [6.07, 6.45) is 13.8. The van der Waals surface area contributed by atoms with Gasteiger partial charge in [-0.15, -0.1) is 0 Å². The van der Waals surface area contributed by atoms with Crippen molar-refractivity contribution in [1.82, 2.24) is 0 Å². The molecule has 0 aliphatic heterocycles. The van der Waals surface area contributed by atoms with Crippen molar-refractivity contribution in [2.75, 3.05) is 0 Å². The first-order valence-corrected chi connectivity index (χ1v) is 15.2. The van der Waals surface area contributed by atoms with E-state index in [2.05, 4.69) is 83.1 Å². The maximum absolute atomic E-state index is 10.7. The summed E-state index contributed by atoms with van der Waals surface area (Å²) in [6, 6.07) is 0. The summed E-state index contributed by atoms with van der Waals surface area (Å²) < 4.78 is 0. The SMILES string of the molecule is CC[C@@H](C)[C@@]1(C)C[C@@H](O)CC[C@]1(C)C(C)(C)CC[C@]1(C)[C@@H](C(C)CCCC(C)C)CCC1(C)C. The summed E-state index contributed by atoms with van der Waals surface area (Å²) >= 11 is 0. The Hall–Kier alpha value is -0.0400. The van der Waals surface area contributed by atoms with Gasteiger partial charge in [0.15, 0.2) is 0 Å². The predicted octanol–water partition coefficient (Wildman–Crippen LogP) is 10.3. The maximum Gasteiger partial charge on any atom is 0.0546 e. The Balaban J connectivity index is 2.26. The van der Waals surface area contributed by atoms with Crippen molar-refractivity contribution < 1.29 is 5.11 Å². The summed E-state index contributed by atoms with van der Waals surface area (Å²) in [5.74, 6) is 3.15. The van der Waals surface area contributed by atoms with Crippen LogP contribution in [0.3, 0.4) is 0 Å². The van der Waals surface area contributed by atoms with Gasteiger partial charge in [0.2, 0.25) is 0 Å². The lowest BCUT2D eigenvalue weighted by Crippen LogP contribution is -2.55. The van der Waals surface area contributed by atoms with Crippen LogP contribution in [0.1, 0.15) is 154 Å². The molecule has 0 bridgehead atoms. The number of hydrogen-bond acceptors (Lipinski definition) is 1. The lowest BCUT2D eigenvalue weighted by molar-refractivity contribution is -0.149. The molecule has 202 valence electrons. The molecule has 0 radical (unpaired) electrons. The minimum absolute atomic E-state index is 0.120. The average molecular weight is 477 g/mol. The first-order valence-electron chi connectivity index (χ1n) is 15.2. The average Bonchev–Trinajstić information content (AvgIpc) is 2.97. The highest BCUT2D eigenvalue weighted by Crippen LogP contribution is 2.67. The molecule has 0 aromatic carbocycles. The fourth-order valence-corrected chi connectivity index (χ4v) is 8.82. The van der Waals surface area contributed by atoms with Crippen LogP contribution in [0.15, 0.2) is 0 Å². The molecule has 1 unspecified atom stereocenters. The number of aliphatic hydroxyl groups excluding tert-OH is 1. The van der Waals surface area contributed by atoms with Crippen LogP contribution < -0.4 is 0 Å². The first-order chi connectivity index (χ1) is 15.5. The molecule has 1 N–H and O–H groups in total. The third-order valence-corrected chi connectivity index (χ3v) is 12.9. The molecule has 0 heterocycles. The van der Waals surface area contributed by atoms with Crippen LogP contribution in [-0.2, 0) is 0 Å². The smallest absolute Gasteiger partial charge is 0.0546 e. The van der Waals surface area contributed by atoms with Gasteiger partial charge >= 0.3 is 0 Å². The van der Waals surface area contributed by atoms with E-state index in [9.17, 15) is 5.11 Å². The van der Waals surface area contributed by atoms with Gasteiger partial charge in [-0.25, -0.2) is 0 Å². The van der Waals surface area contributed by atoms with E-state index < -0.39 is 0 Å². The van der Waals surface area contributed by atoms with Crippen LogP contribution in [0, 0.1) is 50.7 Å². The molecule has 1 nitrogen and oxygen atoms in total. The van der Waals surface area contributed by atoms with Crippen LogP contribution in [0.2, 0.25) is 0 Å². The predicted molar refractivity (Wildman–Crippen MR) is 151 cm³/mol. The van der Waals surface area contributed by atoms with Crippen LogP contribution in [0.25, 0.3) is 0 Å². The number of hydrogen-bond donors (Lipinski definition) is 1. The Morgan fingerprint density at radius 3 is 2.09 bits per heavy atom. The Labute approximate surface area is 215 Å². The van der Waals surface area contributed by atoms with Crippen molar-refractivity contribution >= 4 is 0 Å². The highest BCUT2D eigenvalue weighted by atomic mass is 16.3. The van der Waals surface area contributed by atoms with Crippen molar-refractivity contribution in [2.24, 2.45) is 50.7 Å². The second-order valence-corrected chi connectivity index (χ2v) is 15.6. The minimum atomic E-state index is -0.120. The van der Waals surface area contributed by atoms with Crippen molar-refractivity contribution in [3.8, 4) is 0 Å². The summed E-state index contributed by atoms with van der Waals surface area (Å²) in [5.41, 5.74) is 1.55. The Morgan fingerprint density at radius 2 is 1.53 bits per heavy atom. The molecule has 2 rings (SSSR count). The molecule has 0 spiro atoms. The Bertz CT molecular complexity index is 647. The molecule has 2 saturated carbocycles. The second-order valence-electron chi connectivity index (χ2n) is 15.6. The zero-order chi connectivity index (χ0) is 26.2. The fourth-order valence-electron chi connectivity index (χ4n) is 8.82. The molecule has 34 heavy (non-hydrogen) atoms. The number of rotatable bonds is 11. The molecule has 2 fully saturated rings. The van der Waals surface area contributed by atoms with Gasteiger partial charge in [0.05, 0.1) is 6.10 Å². The highest BCUT2D eigenvalue weighted by Gasteiger charge is 2.59. The normalized spacial score (nSPS) is 38.3. The summed E-state index contributed by atoms with van der Waals surface area (Å²) in [5, 5.41) is 10.7. The first kappa shape index (κ1) is 30.2. The van der Waals surface area contributed by atoms with Crippen molar-refractivity contribution in [2.45, 2.75) is 160 Å². The third-order valence-electron chi connectivity index (χ3n) is 12.9. The molecule has 2 aliphatic carbocycles. The molecule has 0 aromatic rings. The molecule has 0 saturated heterocycles. The summed E-state index contributed by atoms with van der Waals surface area (Å²) in [7, 11) is 0. The van der Waals surface area contributed by atoms with Crippen LogP contribution in [0.4, 0.5) is 0 Å². The van der Waals surface area contributed by atoms with Crippen molar-refractivity contribution in [1.29, 1.82) is 0 Å². The molecule has 1 heteroatoms. The van der Waals surface area contributed by atoms with Gasteiger partial charge in [-0.3, -0.25) is 0 Å². The Morgan fingerprint density at radius 1 is 0.912 bits per heavy atom. The zero-order valence-corrected chi connectivity index (χ0v) is 25.6. The molecule has 0 aromatic heterocycles. The fraction of sp³-hybridized carbons (Fsp3) is 1.00. The highest BCUT2D eigenvalue weighted by molar-refractivity contribution is 5.08. The topological polar surface area (TPSA) is 20.2 Å². The van der Waals surface area contributed by atoms with E-state index >= 15 is 0 Å². The van der Waals surface area contributed by atoms with Gasteiger partial charge in [-0.2, -0.15) is 0 Å². The molecule has 2 aliphatic rings. The largest absolute Gasteiger partial charge is 0.393 e. The van der Waals surface area contributed by atoms with Crippen LogP contribution >= 0.6 is 0 Å². The quantitative estimate of drug-likeness (QED) is 0.314. The van der Waals surface area contributed by atoms with Gasteiger partial charge in [0, 0.05) is 0 Å². The van der Waals surface area contributed by atoms with Gasteiger partial charge in [-0.1, -0.05) is 109 Å². The van der Waals surface area contributed by atoms with E-state index in [1.807, 2.05) is 0 Å². The summed E-state index contributed by atoms with van der Waals surface area (Å²) in [6.45, 7) is 30.2. The van der Waals surface area contributed by atoms with Crippen LogP contribution in [-0.4, -0.2) is 11.2 Å². The third kappa shape index (κ3) is 5.45. The van der Waals surface area contributed by atoms with E-state index in [0.29, 0.717) is 16.7 Å². The van der Waals surface area contributed by atoms with E-state index in [1.54, 1.807) is 0 Å². The van der Waals surface area contributed by atoms with Crippen molar-refractivity contribution in [3.63, 3.8) is 0 Å². The zero-order valence-electron chi connectivity index (χ0n) is 25.6. The van der Waals surface area contributed by atoms with E-state index in [1.165, 1.54) is 51.4 Å². The maximum atomic E-state index is 10.7. The van der Waals surface area contributed by atoms with Crippen molar-refractivity contribution in [3.05, 3.63) is 0 Å². The van der Waals surface area contributed by atoms with E-state index in [4.69, 9.17) is 0 Å². The van der Waals surface area contributed by atoms with Gasteiger partial charge in [-0.05, 0) is 95.7 Å². The van der Waals surface area contributed by atoms with Gasteiger partial charge < -0.3 is 5.11 Å². The van der Waals surface area contributed by atoms with Gasteiger partial charge in [0.1, 0.15) is 0 Å². The van der Waals surface area contributed by atoms with Gasteiger partial charge in [0.25, 0.3) is 0 Å². The molecular weight excluding hydrogens is 412 g/mol. The number of aliphatic hydroxyl groups is 1. The standard InChI is InChI=1S/C33H64O/c1-13-26(5)32(11)23-27(34)17-20-33(32,12)30(8,9)21-22-31(10)28(18-19-29(31,6)7)25(4)16-14-15-24(2)3/h24-28,34H,13-23H2,1-12H3/t25?,26-,27+,28-,31-,32-,33-/m1/s1. The molecule has 7 atom stereocenters. The minimum Gasteiger partial charge on any atom is -0.393 e. The molecule has 0 amide bonds. The van der Waals surface area contributed by atoms with E-state index in [0.717, 1.165) is 37.0 Å². The Kier molecular flexibility index (Phi) is 9.54. The summed E-state index contributed by atoms with van der Waals surface area (Å²) in [4.78, 5) is 0. The van der Waals surface area contributed by atoms with E-state index in [-0.39, 0.29) is 22.3 Å². The van der Waals surface area contributed by atoms with Crippen LogP contribution in [0.5, 0.6) is 0 Å². The monoisotopic (exact) mass is 476 g/mol.